The minimum atomic E-state index is 0.985. The second-order valence-corrected chi connectivity index (χ2v) is 12.2. The van der Waals surface area contributed by atoms with Gasteiger partial charge in [-0.3, -0.25) is 0 Å². The number of benzene rings is 7. The quantitative estimate of drug-likeness (QED) is 0.166. The van der Waals surface area contributed by atoms with Crippen LogP contribution in [0.25, 0.3) is 53.1 Å². The van der Waals surface area contributed by atoms with E-state index in [2.05, 4.69) is 158 Å². The fraction of sp³-hybridized carbons (Fsp3) is 0.0263. The zero-order valence-electron chi connectivity index (χ0n) is 23.0. The van der Waals surface area contributed by atoms with Gasteiger partial charge in [-0.25, -0.2) is 4.98 Å². The van der Waals surface area contributed by atoms with Gasteiger partial charge < -0.3 is 4.90 Å². The lowest BCUT2D eigenvalue weighted by atomic mass is 9.94. The van der Waals surface area contributed by atoms with Gasteiger partial charge in [-0.1, -0.05) is 84.9 Å². The molecule has 0 amide bonds. The maximum absolute atomic E-state index is 4.97. The summed E-state index contributed by atoms with van der Waals surface area (Å²) < 4.78 is 1.15. The molecule has 200 valence electrons. The summed E-state index contributed by atoms with van der Waals surface area (Å²) >= 11 is 6.36. The van der Waals surface area contributed by atoms with Crippen molar-refractivity contribution in [2.75, 3.05) is 4.90 Å². The number of rotatable bonds is 4. The first-order valence-corrected chi connectivity index (χ1v) is 15.3. The summed E-state index contributed by atoms with van der Waals surface area (Å²) in [7, 11) is 0. The number of para-hydroxylation sites is 1. The van der Waals surface area contributed by atoms with Crippen molar-refractivity contribution in [3.8, 4) is 10.6 Å². The summed E-state index contributed by atoms with van der Waals surface area (Å²) in [5.74, 6) is 0. The van der Waals surface area contributed by atoms with Crippen LogP contribution in [-0.4, -0.2) is 4.98 Å². The minimum absolute atomic E-state index is 0.985. The third-order valence-corrected chi connectivity index (χ3v) is 9.64. The molecular formula is C38H26N2S2. The van der Waals surface area contributed by atoms with Crippen molar-refractivity contribution in [3.63, 3.8) is 0 Å². The molecule has 0 bridgehead atoms. The van der Waals surface area contributed by atoms with Crippen LogP contribution in [0, 0.1) is 6.92 Å². The third-order valence-electron chi connectivity index (χ3n) is 8.09. The predicted molar refractivity (Wildman–Crippen MR) is 184 cm³/mol. The molecule has 1 aromatic heterocycles. The van der Waals surface area contributed by atoms with Crippen molar-refractivity contribution < 1.29 is 0 Å². The van der Waals surface area contributed by atoms with Crippen molar-refractivity contribution in [2.24, 2.45) is 0 Å². The van der Waals surface area contributed by atoms with E-state index < -0.39 is 0 Å². The average Bonchev–Trinajstić information content (AvgIpc) is 3.47. The molecule has 8 rings (SSSR count). The van der Waals surface area contributed by atoms with Crippen LogP contribution in [0.2, 0.25) is 0 Å². The topological polar surface area (TPSA) is 16.1 Å². The van der Waals surface area contributed by atoms with E-state index in [4.69, 9.17) is 4.98 Å². The monoisotopic (exact) mass is 574 g/mol. The Morgan fingerprint density at radius 1 is 0.548 bits per heavy atom. The third kappa shape index (κ3) is 4.14. The summed E-state index contributed by atoms with van der Waals surface area (Å²) in [6, 6.07) is 47.9. The molecule has 0 radical (unpaired) electrons. The van der Waals surface area contributed by atoms with E-state index in [9.17, 15) is 0 Å². The first-order chi connectivity index (χ1) is 20.6. The molecule has 42 heavy (non-hydrogen) atoms. The van der Waals surface area contributed by atoms with Crippen LogP contribution in [0.1, 0.15) is 5.56 Å². The van der Waals surface area contributed by atoms with Crippen LogP contribution in [0.5, 0.6) is 0 Å². The van der Waals surface area contributed by atoms with Crippen LogP contribution >= 0.6 is 24.0 Å². The predicted octanol–water partition coefficient (Wildman–Crippen LogP) is 11.5. The molecule has 8 aromatic rings. The van der Waals surface area contributed by atoms with Crippen LogP contribution in [0.4, 0.5) is 17.1 Å². The summed E-state index contributed by atoms with van der Waals surface area (Å²) in [5.41, 5.74) is 6.61. The Morgan fingerprint density at radius 3 is 1.83 bits per heavy atom. The number of hydrogen-bond donors (Lipinski definition) is 1. The highest BCUT2D eigenvalue weighted by atomic mass is 32.1. The lowest BCUT2D eigenvalue weighted by Gasteiger charge is -2.26. The Kier molecular flexibility index (Phi) is 5.99. The van der Waals surface area contributed by atoms with Gasteiger partial charge in [0, 0.05) is 27.5 Å². The van der Waals surface area contributed by atoms with E-state index >= 15 is 0 Å². The van der Waals surface area contributed by atoms with E-state index in [1.165, 1.54) is 37.9 Å². The summed E-state index contributed by atoms with van der Waals surface area (Å²) in [6.07, 6.45) is 0. The van der Waals surface area contributed by atoms with E-state index in [1.807, 2.05) is 0 Å². The number of aryl methyl sites for hydroxylation is 1. The molecular weight excluding hydrogens is 549 g/mol. The van der Waals surface area contributed by atoms with Crippen LogP contribution in [0.3, 0.4) is 0 Å². The highest BCUT2D eigenvalue weighted by molar-refractivity contribution is 7.80. The van der Waals surface area contributed by atoms with Gasteiger partial charge in [-0.15, -0.1) is 24.0 Å². The Hall–Kier alpha value is -4.64. The lowest BCUT2D eigenvalue weighted by molar-refractivity contribution is 1.29. The Bertz CT molecular complexity index is 2250. The van der Waals surface area contributed by atoms with Crippen molar-refractivity contribution in [1.82, 2.24) is 4.98 Å². The first-order valence-electron chi connectivity index (χ1n) is 14.0. The molecule has 2 nitrogen and oxygen atoms in total. The number of hydrogen-bond acceptors (Lipinski definition) is 4. The zero-order chi connectivity index (χ0) is 28.2. The number of nitrogens with zero attached hydrogens (tertiary/aromatic N) is 2. The molecule has 0 aliphatic rings. The van der Waals surface area contributed by atoms with Crippen molar-refractivity contribution >= 4 is 83.6 Å². The number of anilines is 3. The molecule has 0 aliphatic heterocycles. The van der Waals surface area contributed by atoms with Crippen LogP contribution in [-0.2, 0) is 0 Å². The van der Waals surface area contributed by atoms with E-state index in [0.717, 1.165) is 42.7 Å². The minimum Gasteiger partial charge on any atom is -0.310 e. The Balaban J connectivity index is 1.32. The van der Waals surface area contributed by atoms with Gasteiger partial charge >= 0.3 is 0 Å². The van der Waals surface area contributed by atoms with Gasteiger partial charge in [0.05, 0.1) is 10.2 Å². The van der Waals surface area contributed by atoms with Gasteiger partial charge in [0.15, 0.2) is 0 Å². The number of thiazole rings is 1. The van der Waals surface area contributed by atoms with Gasteiger partial charge in [-0.2, -0.15) is 0 Å². The lowest BCUT2D eigenvalue weighted by Crippen LogP contribution is -2.09. The smallest absolute Gasteiger partial charge is 0.124 e. The molecule has 4 heteroatoms. The summed E-state index contributed by atoms with van der Waals surface area (Å²) in [6.45, 7) is 2.08. The summed E-state index contributed by atoms with van der Waals surface area (Å²) in [5, 5.41) is 8.65. The Labute approximate surface area is 253 Å². The Morgan fingerprint density at radius 2 is 1.14 bits per heavy atom. The number of aromatic nitrogens is 1. The molecule has 0 saturated carbocycles. The number of thiol groups is 1. The van der Waals surface area contributed by atoms with Crippen LogP contribution in [0.15, 0.2) is 138 Å². The highest BCUT2D eigenvalue weighted by Crippen LogP contribution is 2.42. The second kappa shape index (κ2) is 10.0. The highest BCUT2D eigenvalue weighted by Gasteiger charge is 2.17. The molecule has 7 aromatic carbocycles. The molecule has 0 aliphatic carbocycles. The van der Waals surface area contributed by atoms with Crippen LogP contribution < -0.4 is 4.90 Å². The molecule has 1 heterocycles. The molecule has 0 spiro atoms. The van der Waals surface area contributed by atoms with Gasteiger partial charge in [0.25, 0.3) is 0 Å². The SMILES string of the molecule is Cc1ccc(-c2nc3ccc(N(c4ccccc4)c4ccc5c6ccccc6c6ccccc6c5c4)cc3s2)cc1S. The molecule has 0 atom stereocenters. The first kappa shape index (κ1) is 25.1. The van der Waals surface area contributed by atoms with Crippen molar-refractivity contribution in [1.29, 1.82) is 0 Å². The van der Waals surface area contributed by atoms with Gasteiger partial charge in [0.1, 0.15) is 5.01 Å². The number of fused-ring (bicyclic) bond motifs is 7. The zero-order valence-corrected chi connectivity index (χ0v) is 24.7. The fourth-order valence-corrected chi connectivity index (χ4v) is 7.19. The fourth-order valence-electron chi connectivity index (χ4n) is 5.98. The molecule has 0 fully saturated rings. The van der Waals surface area contributed by atoms with E-state index in [-0.39, 0.29) is 0 Å². The van der Waals surface area contributed by atoms with Gasteiger partial charge in [0.2, 0.25) is 0 Å². The largest absolute Gasteiger partial charge is 0.310 e. The summed E-state index contributed by atoms with van der Waals surface area (Å²) in [4.78, 5) is 8.30. The normalized spacial score (nSPS) is 11.6. The average molecular weight is 575 g/mol. The standard InChI is InChI=1S/C38H26N2S2/c1-24-15-16-25(21-36(24)41)38-39-35-20-18-28(23-37(35)42-38)40(26-9-3-2-4-10-26)27-17-19-33-31-13-6-5-11-29(31)30-12-7-8-14-32(30)34(33)22-27/h2-23,41H,1H3. The molecule has 0 unspecified atom stereocenters. The maximum atomic E-state index is 4.97. The van der Waals surface area contributed by atoms with E-state index in [0.29, 0.717) is 0 Å². The van der Waals surface area contributed by atoms with E-state index in [1.54, 1.807) is 11.3 Å². The van der Waals surface area contributed by atoms with Crippen molar-refractivity contribution in [3.05, 3.63) is 139 Å². The second-order valence-electron chi connectivity index (χ2n) is 10.7. The molecule has 0 N–H and O–H groups in total. The van der Waals surface area contributed by atoms with Crippen molar-refractivity contribution in [2.45, 2.75) is 11.8 Å². The molecule has 0 saturated heterocycles. The maximum Gasteiger partial charge on any atom is 0.124 e. The van der Waals surface area contributed by atoms with Gasteiger partial charge in [-0.05, 0) is 93.3 Å².